The number of nitrogens with zero attached hydrogens (tertiary/aromatic N) is 2. The highest BCUT2D eigenvalue weighted by Gasteiger charge is 2.19. The topological polar surface area (TPSA) is 93.2 Å². The van der Waals surface area contributed by atoms with Gasteiger partial charge in [-0.25, -0.2) is 4.98 Å². The maximum atomic E-state index is 12.3. The van der Waals surface area contributed by atoms with Crippen LogP contribution < -0.4 is 16.6 Å². The number of nitrogens with two attached hydrogens (primary N) is 1. The second kappa shape index (κ2) is 6.10. The number of phenols is 1. The summed E-state index contributed by atoms with van der Waals surface area (Å²) in [6.45, 7) is 1.69. The highest BCUT2D eigenvalue weighted by Crippen LogP contribution is 2.31. The van der Waals surface area contributed by atoms with Gasteiger partial charge in [-0.15, -0.1) is 0 Å². The third-order valence-electron chi connectivity index (χ3n) is 3.85. The van der Waals surface area contributed by atoms with E-state index in [1.54, 1.807) is 29.0 Å². The predicted molar refractivity (Wildman–Crippen MR) is 88.9 cm³/mol. The van der Waals surface area contributed by atoms with Crippen LogP contribution in [0.5, 0.6) is 5.75 Å². The molecular formula is C15H17BrN4O2. The zero-order chi connectivity index (χ0) is 15.7. The van der Waals surface area contributed by atoms with Gasteiger partial charge in [0.25, 0.3) is 5.56 Å². The van der Waals surface area contributed by atoms with Crippen molar-refractivity contribution in [1.29, 1.82) is 0 Å². The Morgan fingerprint density at radius 3 is 3.00 bits per heavy atom. The van der Waals surface area contributed by atoms with E-state index in [0.717, 1.165) is 30.4 Å². The van der Waals surface area contributed by atoms with Crippen molar-refractivity contribution in [3.63, 3.8) is 0 Å². The molecule has 4 N–H and O–H groups in total. The predicted octanol–water partition coefficient (Wildman–Crippen LogP) is 1.89. The third-order valence-corrected chi connectivity index (χ3v) is 4.35. The van der Waals surface area contributed by atoms with Gasteiger partial charge < -0.3 is 20.7 Å². The average molecular weight is 365 g/mol. The first kappa shape index (κ1) is 15.1. The second-order valence-electron chi connectivity index (χ2n) is 5.39. The van der Waals surface area contributed by atoms with Crippen molar-refractivity contribution in [1.82, 2.24) is 14.9 Å². The van der Waals surface area contributed by atoms with E-state index in [4.69, 9.17) is 5.73 Å². The molecule has 0 saturated carbocycles. The fourth-order valence-corrected chi connectivity index (χ4v) is 3.08. The molecule has 1 unspecified atom stereocenters. The summed E-state index contributed by atoms with van der Waals surface area (Å²) in [4.78, 5) is 16.4. The molecule has 7 heteroatoms. The number of phenolic OH excluding ortho intramolecular Hbond substituents is 1. The van der Waals surface area contributed by atoms with Crippen molar-refractivity contribution < 1.29 is 5.11 Å². The van der Waals surface area contributed by atoms with Crippen LogP contribution in [0.25, 0.3) is 11.3 Å². The Morgan fingerprint density at radius 1 is 1.45 bits per heavy atom. The number of aromatic nitrogens is 2. The minimum atomic E-state index is -0.285. The summed E-state index contributed by atoms with van der Waals surface area (Å²) in [6, 6.07) is 5.13. The van der Waals surface area contributed by atoms with Gasteiger partial charge in [0.15, 0.2) is 5.82 Å². The maximum absolute atomic E-state index is 12.3. The fourth-order valence-electron chi connectivity index (χ4n) is 2.71. The van der Waals surface area contributed by atoms with Crippen LogP contribution in [-0.4, -0.2) is 27.7 Å². The van der Waals surface area contributed by atoms with E-state index < -0.39 is 0 Å². The Balaban J connectivity index is 2.11. The summed E-state index contributed by atoms with van der Waals surface area (Å²) in [5.74, 6) is 0.0458. The number of benzene rings is 1. The van der Waals surface area contributed by atoms with E-state index in [1.165, 1.54) is 0 Å². The van der Waals surface area contributed by atoms with E-state index in [0.29, 0.717) is 11.3 Å². The normalized spacial score (nSPS) is 18.3. The molecule has 1 atom stereocenters. The lowest BCUT2D eigenvalue weighted by atomic mass is 10.1. The molecule has 6 nitrogen and oxygen atoms in total. The molecule has 1 fully saturated rings. The average Bonchev–Trinajstić information content (AvgIpc) is 2.53. The van der Waals surface area contributed by atoms with Crippen LogP contribution >= 0.6 is 15.9 Å². The summed E-state index contributed by atoms with van der Waals surface area (Å²) >= 11 is 3.37. The molecule has 0 spiro atoms. The zero-order valence-corrected chi connectivity index (χ0v) is 13.5. The Hall–Kier alpha value is -1.86. The highest BCUT2D eigenvalue weighted by atomic mass is 79.9. The molecule has 1 aliphatic heterocycles. The van der Waals surface area contributed by atoms with Crippen LogP contribution in [0.2, 0.25) is 0 Å². The molecule has 2 aromatic rings. The summed E-state index contributed by atoms with van der Waals surface area (Å²) < 4.78 is 2.45. The van der Waals surface area contributed by atoms with Gasteiger partial charge in [0, 0.05) is 28.8 Å². The molecule has 0 radical (unpaired) electrons. The number of piperidine rings is 1. The minimum absolute atomic E-state index is 0.0533. The lowest BCUT2D eigenvalue weighted by molar-refractivity contribution is 0.364. The molecule has 2 heterocycles. The Bertz CT molecular complexity index is 754. The van der Waals surface area contributed by atoms with E-state index in [9.17, 15) is 9.90 Å². The standard InChI is InChI=1S/C15H17BrN4O2/c16-9-3-4-13(21)11(6-9)12-8-20(15(22)14(17)19-12)10-2-1-5-18-7-10/h3-4,6,8,10,18,21H,1-2,5,7H2,(H2,17,19). The molecule has 1 aliphatic rings. The molecule has 1 saturated heterocycles. The smallest absolute Gasteiger partial charge is 0.293 e. The first-order valence-corrected chi connectivity index (χ1v) is 7.94. The third kappa shape index (κ3) is 2.86. The van der Waals surface area contributed by atoms with Gasteiger partial charge in [-0.05, 0) is 37.6 Å². The van der Waals surface area contributed by atoms with Crippen molar-refractivity contribution in [3.8, 4) is 17.0 Å². The van der Waals surface area contributed by atoms with Crippen molar-refractivity contribution in [3.05, 3.63) is 39.2 Å². The van der Waals surface area contributed by atoms with E-state index in [-0.39, 0.29) is 23.2 Å². The van der Waals surface area contributed by atoms with Gasteiger partial charge in [-0.2, -0.15) is 0 Å². The summed E-state index contributed by atoms with van der Waals surface area (Å²) in [6.07, 6.45) is 3.61. The van der Waals surface area contributed by atoms with Crippen LogP contribution in [0.4, 0.5) is 5.82 Å². The SMILES string of the molecule is Nc1nc(-c2cc(Br)ccc2O)cn(C2CCCNC2)c1=O. The van der Waals surface area contributed by atoms with E-state index in [2.05, 4.69) is 26.2 Å². The van der Waals surface area contributed by atoms with Crippen LogP contribution in [0.1, 0.15) is 18.9 Å². The van der Waals surface area contributed by atoms with Crippen LogP contribution in [0, 0.1) is 0 Å². The largest absolute Gasteiger partial charge is 0.507 e. The minimum Gasteiger partial charge on any atom is -0.507 e. The van der Waals surface area contributed by atoms with Gasteiger partial charge in [0.2, 0.25) is 0 Å². The molecule has 0 aliphatic carbocycles. The number of nitrogens with one attached hydrogen (secondary N) is 1. The Morgan fingerprint density at radius 2 is 2.27 bits per heavy atom. The van der Waals surface area contributed by atoms with Crippen LogP contribution in [0.3, 0.4) is 0 Å². The number of rotatable bonds is 2. The highest BCUT2D eigenvalue weighted by molar-refractivity contribution is 9.10. The second-order valence-corrected chi connectivity index (χ2v) is 6.30. The van der Waals surface area contributed by atoms with Crippen molar-refractivity contribution in [2.75, 3.05) is 18.8 Å². The van der Waals surface area contributed by atoms with Crippen LogP contribution in [0.15, 0.2) is 33.7 Å². The molecular weight excluding hydrogens is 348 g/mol. The van der Waals surface area contributed by atoms with Gasteiger partial charge in [0.1, 0.15) is 5.75 Å². The van der Waals surface area contributed by atoms with Gasteiger partial charge in [0.05, 0.1) is 5.69 Å². The lowest BCUT2D eigenvalue weighted by Crippen LogP contribution is -2.37. The molecule has 0 bridgehead atoms. The van der Waals surface area contributed by atoms with E-state index in [1.807, 2.05) is 0 Å². The van der Waals surface area contributed by atoms with Crippen LogP contribution in [-0.2, 0) is 0 Å². The summed E-state index contributed by atoms with van der Waals surface area (Å²) in [5, 5.41) is 13.3. The molecule has 0 amide bonds. The number of hydrogen-bond acceptors (Lipinski definition) is 5. The molecule has 116 valence electrons. The van der Waals surface area contributed by atoms with Crippen molar-refractivity contribution in [2.45, 2.75) is 18.9 Å². The maximum Gasteiger partial charge on any atom is 0.293 e. The molecule has 1 aromatic heterocycles. The van der Waals surface area contributed by atoms with Gasteiger partial charge in [-0.1, -0.05) is 15.9 Å². The first-order chi connectivity index (χ1) is 10.6. The summed E-state index contributed by atoms with van der Waals surface area (Å²) in [7, 11) is 0. The number of nitrogen functional groups attached to an aromatic ring is 1. The van der Waals surface area contributed by atoms with Gasteiger partial charge >= 0.3 is 0 Å². The molecule has 22 heavy (non-hydrogen) atoms. The lowest BCUT2D eigenvalue weighted by Gasteiger charge is -2.25. The Labute approximate surface area is 136 Å². The molecule has 3 rings (SSSR count). The number of hydrogen-bond donors (Lipinski definition) is 3. The quantitative estimate of drug-likeness (QED) is 0.756. The Kier molecular flexibility index (Phi) is 4.17. The summed E-state index contributed by atoms with van der Waals surface area (Å²) in [5.41, 5.74) is 6.54. The van der Waals surface area contributed by atoms with Crippen molar-refractivity contribution in [2.24, 2.45) is 0 Å². The van der Waals surface area contributed by atoms with E-state index >= 15 is 0 Å². The monoisotopic (exact) mass is 364 g/mol. The van der Waals surface area contributed by atoms with Crippen molar-refractivity contribution >= 4 is 21.7 Å². The molecule has 1 aromatic carbocycles. The number of halogens is 1. The fraction of sp³-hybridized carbons (Fsp3) is 0.333. The van der Waals surface area contributed by atoms with Gasteiger partial charge in [-0.3, -0.25) is 4.79 Å². The number of aromatic hydroxyl groups is 1. The number of anilines is 1. The first-order valence-electron chi connectivity index (χ1n) is 7.14. The zero-order valence-electron chi connectivity index (χ0n) is 11.9.